The molecule has 6 heteroatoms. The molecule has 0 saturated heterocycles. The molecule has 3 heterocycles. The van der Waals surface area contributed by atoms with Crippen molar-refractivity contribution < 1.29 is 9.21 Å². The van der Waals surface area contributed by atoms with Crippen LogP contribution in [-0.2, 0) is 17.8 Å². The number of carbonyl (C=O) groups is 1. The van der Waals surface area contributed by atoms with E-state index in [4.69, 9.17) is 4.42 Å². The van der Waals surface area contributed by atoms with Crippen LogP contribution < -0.4 is 0 Å². The summed E-state index contributed by atoms with van der Waals surface area (Å²) in [6.45, 7) is 5.22. The SMILES string of the molecule is Cc1nc(SCC(=O)N2CCc3[nH]c4ccccc4c3C2)oc1C. The van der Waals surface area contributed by atoms with Crippen molar-refractivity contribution >= 4 is 28.6 Å². The summed E-state index contributed by atoms with van der Waals surface area (Å²) in [7, 11) is 0. The summed E-state index contributed by atoms with van der Waals surface area (Å²) in [4.78, 5) is 22.3. The number of oxazole rings is 1. The lowest BCUT2D eigenvalue weighted by atomic mass is 10.0. The maximum Gasteiger partial charge on any atom is 0.256 e. The van der Waals surface area contributed by atoms with Crippen LogP contribution >= 0.6 is 11.8 Å². The Labute approximate surface area is 144 Å². The third kappa shape index (κ3) is 2.71. The summed E-state index contributed by atoms with van der Waals surface area (Å²) in [6, 6.07) is 8.28. The number of amides is 1. The lowest BCUT2D eigenvalue weighted by molar-refractivity contribution is -0.129. The van der Waals surface area contributed by atoms with Gasteiger partial charge in [-0.1, -0.05) is 30.0 Å². The minimum absolute atomic E-state index is 0.129. The normalized spacial score (nSPS) is 14.2. The maximum atomic E-state index is 12.6. The number of rotatable bonds is 3. The number of aryl methyl sites for hydroxylation is 2. The molecule has 5 nitrogen and oxygen atoms in total. The van der Waals surface area contributed by atoms with Gasteiger partial charge in [0.2, 0.25) is 5.91 Å². The lowest BCUT2D eigenvalue weighted by Gasteiger charge is -2.27. The number of fused-ring (bicyclic) bond motifs is 3. The van der Waals surface area contributed by atoms with Crippen LogP contribution in [0.15, 0.2) is 33.9 Å². The molecule has 4 rings (SSSR count). The highest BCUT2D eigenvalue weighted by Crippen LogP contribution is 2.28. The summed E-state index contributed by atoms with van der Waals surface area (Å²) < 4.78 is 5.53. The molecular formula is C18H19N3O2S. The fourth-order valence-corrected chi connectivity index (χ4v) is 3.91. The summed E-state index contributed by atoms with van der Waals surface area (Å²) in [5.41, 5.74) is 4.54. The van der Waals surface area contributed by atoms with E-state index >= 15 is 0 Å². The van der Waals surface area contributed by atoms with Gasteiger partial charge in [-0.25, -0.2) is 4.98 Å². The van der Waals surface area contributed by atoms with Gasteiger partial charge >= 0.3 is 0 Å². The summed E-state index contributed by atoms with van der Waals surface area (Å²) in [6.07, 6.45) is 0.873. The van der Waals surface area contributed by atoms with E-state index in [1.165, 1.54) is 28.4 Å². The van der Waals surface area contributed by atoms with Crippen LogP contribution in [-0.4, -0.2) is 33.1 Å². The number of aromatic nitrogens is 2. The molecule has 0 atom stereocenters. The lowest BCUT2D eigenvalue weighted by Crippen LogP contribution is -2.36. The Morgan fingerprint density at radius 1 is 1.38 bits per heavy atom. The van der Waals surface area contributed by atoms with Gasteiger partial charge in [0, 0.05) is 41.7 Å². The van der Waals surface area contributed by atoms with E-state index in [0.29, 0.717) is 17.5 Å². The second-order valence-corrected chi connectivity index (χ2v) is 7.03. The number of nitrogens with zero attached hydrogens (tertiary/aromatic N) is 2. The molecule has 1 amide bonds. The molecule has 3 aromatic rings. The van der Waals surface area contributed by atoms with E-state index in [9.17, 15) is 4.79 Å². The second kappa shape index (κ2) is 6.02. The van der Waals surface area contributed by atoms with E-state index in [1.54, 1.807) is 0 Å². The second-order valence-electron chi connectivity index (χ2n) is 6.10. The average Bonchev–Trinajstić information content (AvgIpc) is 3.12. The first-order valence-electron chi connectivity index (χ1n) is 8.05. The molecule has 0 unspecified atom stereocenters. The molecule has 0 bridgehead atoms. The van der Waals surface area contributed by atoms with Gasteiger partial charge in [-0.15, -0.1) is 0 Å². The quantitative estimate of drug-likeness (QED) is 0.741. The maximum absolute atomic E-state index is 12.6. The number of hydrogen-bond donors (Lipinski definition) is 1. The smallest absolute Gasteiger partial charge is 0.256 e. The Balaban J connectivity index is 1.46. The zero-order chi connectivity index (χ0) is 16.7. The predicted octanol–water partition coefficient (Wildman–Crippen LogP) is 3.45. The van der Waals surface area contributed by atoms with Crippen LogP contribution in [0.2, 0.25) is 0 Å². The van der Waals surface area contributed by atoms with Crippen molar-refractivity contribution in [2.45, 2.75) is 32.0 Å². The fourth-order valence-electron chi connectivity index (χ4n) is 3.10. The van der Waals surface area contributed by atoms with E-state index in [-0.39, 0.29) is 5.91 Å². The molecule has 24 heavy (non-hydrogen) atoms. The van der Waals surface area contributed by atoms with Gasteiger partial charge in [0.25, 0.3) is 5.22 Å². The minimum Gasteiger partial charge on any atom is -0.437 e. The van der Waals surface area contributed by atoms with Crippen molar-refractivity contribution in [2.75, 3.05) is 12.3 Å². The van der Waals surface area contributed by atoms with Crippen molar-refractivity contribution in [3.63, 3.8) is 0 Å². The first-order valence-corrected chi connectivity index (χ1v) is 9.03. The van der Waals surface area contributed by atoms with Crippen molar-refractivity contribution in [1.29, 1.82) is 0 Å². The van der Waals surface area contributed by atoms with Crippen LogP contribution in [0.4, 0.5) is 0 Å². The van der Waals surface area contributed by atoms with Gasteiger partial charge in [0.05, 0.1) is 11.4 Å². The monoisotopic (exact) mass is 341 g/mol. The molecule has 1 N–H and O–H groups in total. The van der Waals surface area contributed by atoms with Gasteiger partial charge in [0.15, 0.2) is 0 Å². The molecule has 2 aromatic heterocycles. The van der Waals surface area contributed by atoms with Crippen LogP contribution in [0.3, 0.4) is 0 Å². The molecule has 0 spiro atoms. The Morgan fingerprint density at radius 3 is 3.00 bits per heavy atom. The van der Waals surface area contributed by atoms with Gasteiger partial charge in [0.1, 0.15) is 5.76 Å². The number of benzene rings is 1. The highest BCUT2D eigenvalue weighted by atomic mass is 32.2. The van der Waals surface area contributed by atoms with Crippen LogP contribution in [0.1, 0.15) is 22.7 Å². The summed E-state index contributed by atoms with van der Waals surface area (Å²) in [5.74, 6) is 1.30. The van der Waals surface area contributed by atoms with Crippen LogP contribution in [0, 0.1) is 13.8 Å². The molecule has 124 valence electrons. The number of para-hydroxylation sites is 1. The zero-order valence-corrected chi connectivity index (χ0v) is 14.6. The van der Waals surface area contributed by atoms with Gasteiger partial charge < -0.3 is 14.3 Å². The van der Waals surface area contributed by atoms with Crippen molar-refractivity contribution in [3.8, 4) is 0 Å². The standard InChI is InChI=1S/C18H19N3O2S/c1-11-12(2)23-18(19-11)24-10-17(22)21-8-7-16-14(9-21)13-5-3-4-6-15(13)20-16/h3-6,20H,7-10H2,1-2H3. The summed E-state index contributed by atoms with van der Waals surface area (Å²) >= 11 is 1.37. The molecule has 0 radical (unpaired) electrons. The first-order chi connectivity index (χ1) is 11.6. The third-order valence-corrected chi connectivity index (χ3v) is 5.38. The van der Waals surface area contributed by atoms with Crippen molar-refractivity contribution in [3.05, 3.63) is 47.0 Å². The highest BCUT2D eigenvalue weighted by Gasteiger charge is 2.24. The Morgan fingerprint density at radius 2 is 2.21 bits per heavy atom. The van der Waals surface area contributed by atoms with E-state index in [0.717, 1.165) is 29.9 Å². The van der Waals surface area contributed by atoms with Crippen LogP contribution in [0.25, 0.3) is 10.9 Å². The first kappa shape index (κ1) is 15.3. The van der Waals surface area contributed by atoms with Crippen LogP contribution in [0.5, 0.6) is 0 Å². The molecule has 1 aromatic carbocycles. The number of carbonyl (C=O) groups excluding carboxylic acids is 1. The van der Waals surface area contributed by atoms with E-state index in [2.05, 4.69) is 22.1 Å². The number of aromatic amines is 1. The number of nitrogens with one attached hydrogen (secondary N) is 1. The molecule has 0 saturated carbocycles. The third-order valence-electron chi connectivity index (χ3n) is 4.56. The Hall–Kier alpha value is -2.21. The largest absolute Gasteiger partial charge is 0.437 e. The zero-order valence-electron chi connectivity index (χ0n) is 13.8. The molecule has 0 fully saturated rings. The summed E-state index contributed by atoms with van der Waals surface area (Å²) in [5, 5.41) is 1.79. The number of thioether (sulfide) groups is 1. The topological polar surface area (TPSA) is 62.1 Å². The highest BCUT2D eigenvalue weighted by molar-refractivity contribution is 7.99. The van der Waals surface area contributed by atoms with Gasteiger partial charge in [-0.3, -0.25) is 4.79 Å². The number of hydrogen-bond acceptors (Lipinski definition) is 4. The molecule has 1 aliphatic heterocycles. The van der Waals surface area contributed by atoms with E-state index < -0.39 is 0 Å². The minimum atomic E-state index is 0.129. The average molecular weight is 341 g/mol. The van der Waals surface area contributed by atoms with Gasteiger partial charge in [-0.05, 0) is 19.9 Å². The van der Waals surface area contributed by atoms with Gasteiger partial charge in [-0.2, -0.15) is 0 Å². The molecular weight excluding hydrogens is 322 g/mol. The van der Waals surface area contributed by atoms with E-state index in [1.807, 2.05) is 30.9 Å². The van der Waals surface area contributed by atoms with Crippen molar-refractivity contribution in [1.82, 2.24) is 14.9 Å². The molecule has 1 aliphatic rings. The predicted molar refractivity (Wildman–Crippen MR) is 94.1 cm³/mol. The Bertz CT molecular complexity index is 893. The fraction of sp³-hybridized carbons (Fsp3) is 0.333. The van der Waals surface area contributed by atoms with Crippen molar-refractivity contribution in [2.24, 2.45) is 0 Å². The number of H-pyrrole nitrogens is 1. The molecule has 0 aliphatic carbocycles. The Kier molecular flexibility index (Phi) is 3.84.